The van der Waals surface area contributed by atoms with Crippen LogP contribution in [0.4, 0.5) is 13.2 Å². The Hall–Kier alpha value is -1.86. The molecule has 3 rings (SSSR count). The van der Waals surface area contributed by atoms with Gasteiger partial charge >= 0.3 is 6.18 Å². The fourth-order valence-electron chi connectivity index (χ4n) is 3.29. The fourth-order valence-corrected chi connectivity index (χ4v) is 4.73. The second kappa shape index (κ2) is 6.70. The summed E-state index contributed by atoms with van der Waals surface area (Å²) in [6.07, 6.45) is -3.80. The topological polar surface area (TPSA) is 46.2 Å². The Kier molecular flexibility index (Phi) is 4.88. The number of sulfonamides is 1. The minimum absolute atomic E-state index is 0.134. The summed E-state index contributed by atoms with van der Waals surface area (Å²) in [5, 5.41) is 0. The molecule has 2 aromatic rings. The van der Waals surface area contributed by atoms with Crippen LogP contribution >= 0.6 is 0 Å². The van der Waals surface area contributed by atoms with Gasteiger partial charge in [-0.15, -0.1) is 0 Å². The number of nitrogens with one attached hydrogen (secondary N) is 1. The van der Waals surface area contributed by atoms with E-state index in [0.29, 0.717) is 18.4 Å². The van der Waals surface area contributed by atoms with Crippen molar-refractivity contribution in [2.45, 2.75) is 49.7 Å². The number of hydrogen-bond donors (Lipinski definition) is 1. The van der Waals surface area contributed by atoms with Crippen LogP contribution in [0.2, 0.25) is 0 Å². The third-order valence-electron chi connectivity index (χ3n) is 4.64. The molecule has 3 nitrogen and oxygen atoms in total. The van der Waals surface area contributed by atoms with Crippen molar-refractivity contribution in [2.24, 2.45) is 0 Å². The van der Waals surface area contributed by atoms with Gasteiger partial charge in [0.1, 0.15) is 0 Å². The van der Waals surface area contributed by atoms with Crippen LogP contribution in [0.25, 0.3) is 0 Å². The molecule has 0 spiro atoms. The van der Waals surface area contributed by atoms with Crippen molar-refractivity contribution in [2.75, 3.05) is 0 Å². The molecule has 1 aliphatic rings. The molecule has 0 radical (unpaired) electrons. The minimum atomic E-state index is -4.74. The second-order valence-corrected chi connectivity index (χ2v) is 8.59. The zero-order chi connectivity index (χ0) is 19.1. The zero-order valence-electron chi connectivity index (χ0n) is 14.5. The van der Waals surface area contributed by atoms with Crippen LogP contribution < -0.4 is 4.72 Å². The molecule has 0 saturated carbocycles. The fraction of sp³-hybridized carbons (Fsp3) is 0.368. The van der Waals surface area contributed by atoms with E-state index in [9.17, 15) is 21.6 Å². The van der Waals surface area contributed by atoms with Crippen molar-refractivity contribution in [3.05, 3.63) is 64.7 Å². The first-order valence-corrected chi connectivity index (χ1v) is 9.86. The number of hydrogen-bond acceptors (Lipinski definition) is 2. The lowest BCUT2D eigenvalue weighted by atomic mass is 10.0. The van der Waals surface area contributed by atoms with Crippen LogP contribution in [0.3, 0.4) is 0 Å². The molecule has 2 aromatic carbocycles. The van der Waals surface area contributed by atoms with E-state index in [1.54, 1.807) is 13.8 Å². The molecule has 1 N–H and O–H groups in total. The van der Waals surface area contributed by atoms with Crippen molar-refractivity contribution < 1.29 is 21.6 Å². The zero-order valence-corrected chi connectivity index (χ0v) is 15.3. The highest BCUT2D eigenvalue weighted by Gasteiger charge is 2.38. The highest BCUT2D eigenvalue weighted by Crippen LogP contribution is 2.36. The van der Waals surface area contributed by atoms with Gasteiger partial charge in [0.15, 0.2) is 0 Å². The molecule has 26 heavy (non-hydrogen) atoms. The van der Waals surface area contributed by atoms with Gasteiger partial charge in [-0.3, -0.25) is 0 Å². The van der Waals surface area contributed by atoms with Crippen LogP contribution in [0, 0.1) is 0 Å². The lowest BCUT2D eigenvalue weighted by molar-refractivity contribution is -0.139. The largest absolute Gasteiger partial charge is 0.417 e. The predicted octanol–water partition coefficient (Wildman–Crippen LogP) is 4.27. The van der Waals surface area contributed by atoms with E-state index in [1.165, 1.54) is 6.07 Å². The van der Waals surface area contributed by atoms with Gasteiger partial charge in [-0.2, -0.15) is 13.2 Å². The average Bonchev–Trinajstić information content (AvgIpc) is 2.94. The molecule has 0 amide bonds. The highest BCUT2D eigenvalue weighted by atomic mass is 32.2. The molecule has 140 valence electrons. The first-order valence-electron chi connectivity index (χ1n) is 8.38. The molecular formula is C19H20F3NO2S. The quantitative estimate of drug-likeness (QED) is 0.857. The Morgan fingerprint density at radius 1 is 1.04 bits per heavy atom. The normalized spacial score (nSPS) is 15.5. The van der Waals surface area contributed by atoms with Gasteiger partial charge in [-0.25, -0.2) is 13.1 Å². The molecule has 7 heteroatoms. The molecule has 0 bridgehead atoms. The van der Waals surface area contributed by atoms with Crippen molar-refractivity contribution >= 4 is 10.0 Å². The van der Waals surface area contributed by atoms with E-state index in [4.69, 9.17) is 0 Å². The maximum Gasteiger partial charge on any atom is 0.417 e. The first-order chi connectivity index (χ1) is 12.1. The molecule has 0 aliphatic heterocycles. The summed E-state index contributed by atoms with van der Waals surface area (Å²) in [6.45, 7) is 3.52. The predicted molar refractivity (Wildman–Crippen MR) is 93.5 cm³/mol. The first kappa shape index (κ1) is 18.9. The molecule has 0 saturated heterocycles. The lowest BCUT2D eigenvalue weighted by Gasteiger charge is -2.18. The van der Waals surface area contributed by atoms with Crippen LogP contribution in [-0.4, -0.2) is 14.5 Å². The van der Waals surface area contributed by atoms with E-state index in [2.05, 4.69) is 4.72 Å². The molecular weight excluding hydrogens is 363 g/mol. The lowest BCUT2D eigenvalue weighted by Crippen LogP contribution is -2.36. The number of rotatable bonds is 4. The summed E-state index contributed by atoms with van der Waals surface area (Å²) in [4.78, 5) is -0.717. The second-order valence-electron chi connectivity index (χ2n) is 6.90. The standard InChI is InChI=1S/C19H20F3NO2S/c1-12(2)13-7-8-18(17(11-13)19(20,21)22)26(24,25)23-16-9-14-5-3-4-6-15(14)10-16/h3-8,11-12,16,23H,9-10H2,1-2H3. The monoisotopic (exact) mass is 383 g/mol. The van der Waals surface area contributed by atoms with E-state index >= 15 is 0 Å². The van der Waals surface area contributed by atoms with Gasteiger partial charge in [-0.1, -0.05) is 44.2 Å². The van der Waals surface area contributed by atoms with Crippen molar-refractivity contribution in [3.8, 4) is 0 Å². The third-order valence-corrected chi connectivity index (χ3v) is 6.22. The molecule has 0 fully saturated rings. The molecule has 0 aromatic heterocycles. The third kappa shape index (κ3) is 3.78. The summed E-state index contributed by atoms with van der Waals surface area (Å²) < 4.78 is 68.2. The SMILES string of the molecule is CC(C)c1ccc(S(=O)(=O)NC2Cc3ccccc3C2)c(C(F)(F)F)c1. The van der Waals surface area contributed by atoms with Gasteiger partial charge in [0.05, 0.1) is 10.5 Å². The van der Waals surface area contributed by atoms with Crippen LogP contribution in [0.5, 0.6) is 0 Å². The average molecular weight is 383 g/mol. The Labute approximate surface area is 151 Å². The smallest absolute Gasteiger partial charge is 0.207 e. The van der Waals surface area contributed by atoms with Crippen LogP contribution in [-0.2, 0) is 29.0 Å². The maximum absolute atomic E-state index is 13.5. The summed E-state index contributed by atoms with van der Waals surface area (Å²) in [7, 11) is -4.29. The summed E-state index contributed by atoms with van der Waals surface area (Å²) >= 11 is 0. The van der Waals surface area contributed by atoms with Crippen LogP contribution in [0.15, 0.2) is 47.4 Å². The van der Waals surface area contributed by atoms with E-state index < -0.39 is 32.7 Å². The summed E-state index contributed by atoms with van der Waals surface area (Å²) in [5.74, 6) is -0.134. The van der Waals surface area contributed by atoms with Crippen LogP contribution in [0.1, 0.15) is 42.0 Å². The minimum Gasteiger partial charge on any atom is -0.207 e. The van der Waals surface area contributed by atoms with Gasteiger partial charge in [0, 0.05) is 6.04 Å². The van der Waals surface area contributed by atoms with Gasteiger partial charge in [-0.05, 0) is 47.6 Å². The van der Waals surface area contributed by atoms with Gasteiger partial charge in [0.25, 0.3) is 0 Å². The maximum atomic E-state index is 13.5. The Morgan fingerprint density at radius 2 is 1.62 bits per heavy atom. The Morgan fingerprint density at radius 3 is 2.12 bits per heavy atom. The molecule has 1 aliphatic carbocycles. The van der Waals surface area contributed by atoms with Crippen molar-refractivity contribution in [1.82, 2.24) is 4.72 Å². The molecule has 0 unspecified atom stereocenters. The van der Waals surface area contributed by atoms with Gasteiger partial charge in [0.2, 0.25) is 10.0 Å². The summed E-state index contributed by atoms with van der Waals surface area (Å²) in [5.41, 5.74) is 1.37. The number of alkyl halides is 3. The van der Waals surface area contributed by atoms with E-state index in [-0.39, 0.29) is 5.92 Å². The van der Waals surface area contributed by atoms with Crippen molar-refractivity contribution in [1.29, 1.82) is 0 Å². The molecule has 0 heterocycles. The Balaban J connectivity index is 1.92. The number of benzene rings is 2. The van der Waals surface area contributed by atoms with E-state index in [0.717, 1.165) is 23.3 Å². The van der Waals surface area contributed by atoms with Crippen molar-refractivity contribution in [3.63, 3.8) is 0 Å². The highest BCUT2D eigenvalue weighted by molar-refractivity contribution is 7.89. The Bertz CT molecular complexity index is 896. The van der Waals surface area contributed by atoms with E-state index in [1.807, 2.05) is 24.3 Å². The number of fused-ring (bicyclic) bond motifs is 1. The summed E-state index contributed by atoms with van der Waals surface area (Å²) in [6, 6.07) is 10.5. The number of halogens is 3. The molecule has 0 atom stereocenters. The van der Waals surface area contributed by atoms with Gasteiger partial charge < -0.3 is 0 Å².